The molecule has 0 aliphatic carbocycles. The van der Waals surface area contributed by atoms with E-state index in [1.165, 1.54) is 99.7 Å². The molecule has 0 aromatic heterocycles. The van der Waals surface area contributed by atoms with Crippen molar-refractivity contribution in [3.63, 3.8) is 0 Å². The fraction of sp³-hybridized carbons (Fsp3) is 0.727. The standard InChI is InChI=1S/C22H38S/c1-3-5-7-9-11-13-15-21-16-18-22(19-17-21)23-20-14-12-10-8-6-4-2/h16-19H,3-15,20H2,1-2H3. The Morgan fingerprint density at radius 1 is 0.609 bits per heavy atom. The predicted molar refractivity (Wildman–Crippen MR) is 108 cm³/mol. The zero-order valence-electron chi connectivity index (χ0n) is 15.6. The molecule has 1 heteroatoms. The second kappa shape index (κ2) is 15.1. The molecule has 0 aliphatic rings. The molecule has 0 N–H and O–H groups in total. The maximum Gasteiger partial charge on any atom is 0.00721 e. The molecule has 1 aromatic carbocycles. The number of aryl methyl sites for hydroxylation is 1. The fourth-order valence-corrected chi connectivity index (χ4v) is 3.85. The number of hydrogen-bond donors (Lipinski definition) is 0. The first-order valence-electron chi connectivity index (χ1n) is 10.1. The van der Waals surface area contributed by atoms with Gasteiger partial charge in [0, 0.05) is 4.90 Å². The SMILES string of the molecule is CCCCCCCCSc1ccc(CCCCCCCC)cc1. The number of rotatable bonds is 15. The molecule has 132 valence electrons. The topological polar surface area (TPSA) is 0 Å². The summed E-state index contributed by atoms with van der Waals surface area (Å²) in [4.78, 5) is 1.45. The quantitative estimate of drug-likeness (QED) is 0.231. The second-order valence-corrected chi connectivity index (χ2v) is 7.95. The summed E-state index contributed by atoms with van der Waals surface area (Å²) in [7, 11) is 0. The number of unbranched alkanes of at least 4 members (excludes halogenated alkanes) is 10. The van der Waals surface area contributed by atoms with Crippen molar-refractivity contribution >= 4 is 11.8 Å². The third-order valence-electron chi connectivity index (χ3n) is 4.51. The maximum atomic E-state index is 2.34. The molecule has 0 fully saturated rings. The Kier molecular flexibility index (Phi) is 13.6. The minimum absolute atomic E-state index is 1.26. The van der Waals surface area contributed by atoms with Crippen LogP contribution in [0.15, 0.2) is 29.2 Å². The molecule has 0 aliphatic heterocycles. The molecule has 0 spiro atoms. The number of hydrogen-bond acceptors (Lipinski definition) is 1. The van der Waals surface area contributed by atoms with E-state index < -0.39 is 0 Å². The zero-order chi connectivity index (χ0) is 16.6. The molecule has 0 saturated heterocycles. The van der Waals surface area contributed by atoms with Gasteiger partial charge in [-0.25, -0.2) is 0 Å². The van der Waals surface area contributed by atoms with Crippen LogP contribution in [0.3, 0.4) is 0 Å². The van der Waals surface area contributed by atoms with Gasteiger partial charge in [0.25, 0.3) is 0 Å². The van der Waals surface area contributed by atoms with E-state index in [9.17, 15) is 0 Å². The van der Waals surface area contributed by atoms with E-state index in [1.54, 1.807) is 0 Å². The van der Waals surface area contributed by atoms with E-state index in [1.807, 2.05) is 11.8 Å². The van der Waals surface area contributed by atoms with Gasteiger partial charge < -0.3 is 0 Å². The summed E-state index contributed by atoms with van der Waals surface area (Å²) in [6.45, 7) is 4.57. The third kappa shape index (κ3) is 11.7. The highest BCUT2D eigenvalue weighted by atomic mass is 32.2. The van der Waals surface area contributed by atoms with Gasteiger partial charge in [-0.05, 0) is 42.7 Å². The first-order valence-corrected chi connectivity index (χ1v) is 11.1. The van der Waals surface area contributed by atoms with Crippen LogP contribution in [0.2, 0.25) is 0 Å². The van der Waals surface area contributed by atoms with Gasteiger partial charge in [-0.15, -0.1) is 11.8 Å². The molecule has 23 heavy (non-hydrogen) atoms. The Morgan fingerprint density at radius 2 is 1.13 bits per heavy atom. The van der Waals surface area contributed by atoms with Gasteiger partial charge in [-0.2, -0.15) is 0 Å². The van der Waals surface area contributed by atoms with Gasteiger partial charge in [0.1, 0.15) is 0 Å². The molecule has 1 rings (SSSR count). The van der Waals surface area contributed by atoms with E-state index in [4.69, 9.17) is 0 Å². The van der Waals surface area contributed by atoms with Crippen LogP contribution in [0, 0.1) is 0 Å². The molecule has 0 unspecified atom stereocenters. The van der Waals surface area contributed by atoms with E-state index in [0.717, 1.165) is 0 Å². The molecule has 1 aromatic rings. The lowest BCUT2D eigenvalue weighted by atomic mass is 10.1. The van der Waals surface area contributed by atoms with Crippen LogP contribution < -0.4 is 0 Å². The summed E-state index contributed by atoms with van der Waals surface area (Å²) in [6, 6.07) is 9.34. The fourth-order valence-electron chi connectivity index (χ4n) is 2.93. The maximum absolute atomic E-state index is 2.34. The summed E-state index contributed by atoms with van der Waals surface area (Å²) in [5.74, 6) is 1.28. The van der Waals surface area contributed by atoms with Gasteiger partial charge in [-0.1, -0.05) is 90.2 Å². The van der Waals surface area contributed by atoms with Crippen molar-refractivity contribution in [1.82, 2.24) is 0 Å². The summed E-state index contributed by atoms with van der Waals surface area (Å²) >= 11 is 2.03. The lowest BCUT2D eigenvalue weighted by Crippen LogP contribution is -1.87. The molecule has 0 nitrogen and oxygen atoms in total. The first kappa shape index (κ1) is 20.6. The Morgan fingerprint density at radius 3 is 1.74 bits per heavy atom. The van der Waals surface area contributed by atoms with E-state index in [0.29, 0.717) is 0 Å². The Labute approximate surface area is 149 Å². The molecule has 0 radical (unpaired) electrons. The van der Waals surface area contributed by atoms with Crippen LogP contribution in [0.1, 0.15) is 96.5 Å². The van der Waals surface area contributed by atoms with Crippen LogP contribution >= 0.6 is 11.8 Å². The lowest BCUT2D eigenvalue weighted by molar-refractivity contribution is 0.607. The Bertz CT molecular complexity index is 355. The lowest BCUT2D eigenvalue weighted by Gasteiger charge is -2.05. The predicted octanol–water partition coefficient (Wildman–Crippen LogP) is 8.04. The van der Waals surface area contributed by atoms with Crippen molar-refractivity contribution in [2.75, 3.05) is 5.75 Å². The monoisotopic (exact) mass is 334 g/mol. The first-order chi connectivity index (χ1) is 11.4. The molecule has 0 bridgehead atoms. The highest BCUT2D eigenvalue weighted by Gasteiger charge is 1.97. The van der Waals surface area contributed by atoms with Crippen molar-refractivity contribution in [3.05, 3.63) is 29.8 Å². The highest BCUT2D eigenvalue weighted by Crippen LogP contribution is 2.21. The summed E-state index contributed by atoms with van der Waals surface area (Å²) in [5, 5.41) is 0. The van der Waals surface area contributed by atoms with E-state index in [2.05, 4.69) is 38.1 Å². The second-order valence-electron chi connectivity index (χ2n) is 6.78. The molecule has 0 amide bonds. The summed E-state index contributed by atoms with van der Waals surface area (Å²) < 4.78 is 0. The van der Waals surface area contributed by atoms with Crippen molar-refractivity contribution in [2.45, 2.75) is 102 Å². The summed E-state index contributed by atoms with van der Waals surface area (Å²) in [5.41, 5.74) is 1.52. The zero-order valence-corrected chi connectivity index (χ0v) is 16.4. The minimum Gasteiger partial charge on any atom is -0.126 e. The average Bonchev–Trinajstić information content (AvgIpc) is 2.58. The van der Waals surface area contributed by atoms with Crippen LogP contribution in [0.25, 0.3) is 0 Å². The number of thioether (sulfide) groups is 1. The molecule has 0 saturated carbocycles. The van der Waals surface area contributed by atoms with Gasteiger partial charge >= 0.3 is 0 Å². The molecule has 0 atom stereocenters. The van der Waals surface area contributed by atoms with Crippen LogP contribution in [-0.4, -0.2) is 5.75 Å². The van der Waals surface area contributed by atoms with Gasteiger partial charge in [0.15, 0.2) is 0 Å². The molecular weight excluding hydrogens is 296 g/mol. The van der Waals surface area contributed by atoms with E-state index >= 15 is 0 Å². The smallest absolute Gasteiger partial charge is 0.00721 e. The van der Waals surface area contributed by atoms with Crippen LogP contribution in [-0.2, 0) is 6.42 Å². The molecular formula is C22H38S. The van der Waals surface area contributed by atoms with Crippen molar-refractivity contribution < 1.29 is 0 Å². The van der Waals surface area contributed by atoms with Gasteiger partial charge in [0.2, 0.25) is 0 Å². The highest BCUT2D eigenvalue weighted by molar-refractivity contribution is 7.99. The minimum atomic E-state index is 1.26. The van der Waals surface area contributed by atoms with Crippen molar-refractivity contribution in [3.8, 4) is 0 Å². The average molecular weight is 335 g/mol. The van der Waals surface area contributed by atoms with Gasteiger partial charge in [-0.3, -0.25) is 0 Å². The number of benzene rings is 1. The van der Waals surface area contributed by atoms with Crippen LogP contribution in [0.5, 0.6) is 0 Å². The molecule has 0 heterocycles. The van der Waals surface area contributed by atoms with Crippen molar-refractivity contribution in [2.24, 2.45) is 0 Å². The summed E-state index contributed by atoms with van der Waals surface area (Å²) in [6.07, 6.45) is 18.0. The van der Waals surface area contributed by atoms with Gasteiger partial charge in [0.05, 0.1) is 0 Å². The van der Waals surface area contributed by atoms with E-state index in [-0.39, 0.29) is 0 Å². The third-order valence-corrected chi connectivity index (χ3v) is 5.61. The normalized spacial score (nSPS) is 11.0. The largest absolute Gasteiger partial charge is 0.126 e. The van der Waals surface area contributed by atoms with Crippen molar-refractivity contribution in [1.29, 1.82) is 0 Å². The Hall–Kier alpha value is -0.430. The Balaban J connectivity index is 2.04. The van der Waals surface area contributed by atoms with Crippen LogP contribution in [0.4, 0.5) is 0 Å².